The first-order valence-electron chi connectivity index (χ1n) is 4.21. The van der Waals surface area contributed by atoms with Gasteiger partial charge in [0.2, 0.25) is 11.8 Å². The molecule has 1 aromatic rings. The normalized spacial score (nSPS) is 14.6. The molecule has 2 amide bonds. The van der Waals surface area contributed by atoms with E-state index < -0.39 is 0 Å². The number of nitrogens with one attached hydrogen (secondary N) is 1. The van der Waals surface area contributed by atoms with E-state index in [1.54, 1.807) is 18.3 Å². The van der Waals surface area contributed by atoms with Crippen LogP contribution in [0.5, 0.6) is 0 Å². The van der Waals surface area contributed by atoms with Crippen molar-refractivity contribution in [2.75, 3.05) is 16.8 Å². The number of pyridine rings is 1. The third-order valence-corrected chi connectivity index (χ3v) is 2.00. The summed E-state index contributed by atoms with van der Waals surface area (Å²) in [5.41, 5.74) is 0.582. The smallest absolute Gasteiger partial charge is 0.244 e. The molecule has 0 fully saturated rings. The van der Waals surface area contributed by atoms with Crippen LogP contribution in [0.25, 0.3) is 0 Å². The SMILES string of the molecule is CC(=O)N1CC(=O)Nc2cccnc21. The molecule has 1 aliphatic rings. The van der Waals surface area contributed by atoms with Crippen molar-refractivity contribution in [1.29, 1.82) is 0 Å². The second-order valence-electron chi connectivity index (χ2n) is 3.03. The number of carbonyl (C=O) groups excluding carboxylic acids is 2. The van der Waals surface area contributed by atoms with Gasteiger partial charge in [0, 0.05) is 13.1 Å². The zero-order valence-corrected chi connectivity index (χ0v) is 7.65. The fourth-order valence-electron chi connectivity index (χ4n) is 1.38. The van der Waals surface area contributed by atoms with Gasteiger partial charge in [-0.3, -0.25) is 14.5 Å². The van der Waals surface area contributed by atoms with Crippen molar-refractivity contribution in [3.05, 3.63) is 18.3 Å². The van der Waals surface area contributed by atoms with Gasteiger partial charge >= 0.3 is 0 Å². The van der Waals surface area contributed by atoms with E-state index in [4.69, 9.17) is 0 Å². The number of hydrogen-bond acceptors (Lipinski definition) is 3. The van der Waals surface area contributed by atoms with Crippen molar-refractivity contribution in [1.82, 2.24) is 4.98 Å². The van der Waals surface area contributed by atoms with Gasteiger partial charge in [-0.2, -0.15) is 0 Å². The second kappa shape index (κ2) is 3.10. The van der Waals surface area contributed by atoms with Crippen LogP contribution in [-0.4, -0.2) is 23.3 Å². The maximum absolute atomic E-state index is 11.2. The first kappa shape index (κ1) is 8.68. The Labute approximate surface area is 80.7 Å². The maximum atomic E-state index is 11.2. The van der Waals surface area contributed by atoms with E-state index in [0.717, 1.165) is 0 Å². The molecule has 5 nitrogen and oxygen atoms in total. The minimum absolute atomic E-state index is 0.0410. The lowest BCUT2D eigenvalue weighted by atomic mass is 10.2. The molecule has 1 aromatic heterocycles. The lowest BCUT2D eigenvalue weighted by molar-refractivity contribution is -0.120. The Morgan fingerprint density at radius 3 is 3.14 bits per heavy atom. The van der Waals surface area contributed by atoms with E-state index in [1.165, 1.54) is 11.8 Å². The Morgan fingerprint density at radius 1 is 1.64 bits per heavy atom. The van der Waals surface area contributed by atoms with Gasteiger partial charge < -0.3 is 5.32 Å². The van der Waals surface area contributed by atoms with E-state index in [1.807, 2.05) is 0 Å². The molecular formula is C9H9N3O2. The van der Waals surface area contributed by atoms with E-state index in [2.05, 4.69) is 10.3 Å². The quantitative estimate of drug-likeness (QED) is 0.645. The van der Waals surface area contributed by atoms with Gasteiger partial charge in [0.1, 0.15) is 6.54 Å². The Kier molecular flexibility index (Phi) is 1.92. The van der Waals surface area contributed by atoms with Crippen LogP contribution >= 0.6 is 0 Å². The topological polar surface area (TPSA) is 62.3 Å². The van der Waals surface area contributed by atoms with Crippen LogP contribution in [-0.2, 0) is 9.59 Å². The van der Waals surface area contributed by atoms with Crippen molar-refractivity contribution >= 4 is 23.3 Å². The third kappa shape index (κ3) is 1.32. The summed E-state index contributed by atoms with van der Waals surface area (Å²) < 4.78 is 0. The maximum Gasteiger partial charge on any atom is 0.244 e. The standard InChI is InChI=1S/C9H9N3O2/c1-6(13)12-5-8(14)11-7-3-2-4-10-9(7)12/h2-4H,5H2,1H3,(H,11,14). The van der Waals surface area contributed by atoms with Gasteiger partial charge in [-0.25, -0.2) is 4.98 Å². The Hall–Kier alpha value is -1.91. The predicted octanol–water partition coefficient (Wildman–Crippen LogP) is 0.387. The highest BCUT2D eigenvalue weighted by atomic mass is 16.2. The average Bonchev–Trinajstić information content (AvgIpc) is 2.16. The molecular weight excluding hydrogens is 182 g/mol. The summed E-state index contributed by atoms with van der Waals surface area (Å²) in [6.07, 6.45) is 1.59. The van der Waals surface area contributed by atoms with Gasteiger partial charge in [-0.15, -0.1) is 0 Å². The molecule has 14 heavy (non-hydrogen) atoms. The molecule has 2 heterocycles. The Bertz CT molecular complexity index is 403. The molecule has 2 rings (SSSR count). The van der Waals surface area contributed by atoms with Crippen molar-refractivity contribution in [2.45, 2.75) is 6.92 Å². The summed E-state index contributed by atoms with van der Waals surface area (Å²) in [4.78, 5) is 27.8. The van der Waals surface area contributed by atoms with Crippen LogP contribution < -0.4 is 10.2 Å². The number of aromatic nitrogens is 1. The molecule has 0 saturated carbocycles. The van der Waals surface area contributed by atoms with Gasteiger partial charge in [0.05, 0.1) is 5.69 Å². The monoisotopic (exact) mass is 191 g/mol. The minimum atomic E-state index is -0.194. The number of amides is 2. The number of nitrogens with zero attached hydrogens (tertiary/aromatic N) is 2. The highest BCUT2D eigenvalue weighted by Crippen LogP contribution is 2.25. The van der Waals surface area contributed by atoms with E-state index in [-0.39, 0.29) is 18.4 Å². The van der Waals surface area contributed by atoms with Gasteiger partial charge in [-0.1, -0.05) is 0 Å². The van der Waals surface area contributed by atoms with Crippen LogP contribution in [0.4, 0.5) is 11.5 Å². The molecule has 0 radical (unpaired) electrons. The fraction of sp³-hybridized carbons (Fsp3) is 0.222. The number of rotatable bonds is 0. The zero-order chi connectivity index (χ0) is 10.1. The van der Waals surface area contributed by atoms with Crippen LogP contribution in [0.2, 0.25) is 0 Å². The van der Waals surface area contributed by atoms with E-state index in [9.17, 15) is 9.59 Å². The average molecular weight is 191 g/mol. The first-order chi connectivity index (χ1) is 6.68. The molecule has 0 unspecified atom stereocenters. The van der Waals surface area contributed by atoms with Crippen LogP contribution in [0.15, 0.2) is 18.3 Å². The Morgan fingerprint density at radius 2 is 2.43 bits per heavy atom. The highest BCUT2D eigenvalue weighted by Gasteiger charge is 2.25. The lowest BCUT2D eigenvalue weighted by Crippen LogP contribution is -2.41. The lowest BCUT2D eigenvalue weighted by Gasteiger charge is -2.26. The van der Waals surface area contributed by atoms with Gasteiger partial charge in [0.25, 0.3) is 0 Å². The molecule has 1 N–H and O–H groups in total. The summed E-state index contributed by atoms with van der Waals surface area (Å²) in [5.74, 6) is 0.139. The van der Waals surface area contributed by atoms with Crippen molar-refractivity contribution < 1.29 is 9.59 Å². The van der Waals surface area contributed by atoms with Gasteiger partial charge in [0.15, 0.2) is 5.82 Å². The molecule has 5 heteroatoms. The minimum Gasteiger partial charge on any atom is -0.321 e. The fourth-order valence-corrected chi connectivity index (χ4v) is 1.38. The summed E-state index contributed by atoms with van der Waals surface area (Å²) in [6, 6.07) is 3.43. The van der Waals surface area contributed by atoms with Crippen molar-refractivity contribution in [3.8, 4) is 0 Å². The van der Waals surface area contributed by atoms with Crippen molar-refractivity contribution in [3.63, 3.8) is 0 Å². The van der Waals surface area contributed by atoms with E-state index in [0.29, 0.717) is 11.5 Å². The summed E-state index contributed by atoms with van der Waals surface area (Å²) in [7, 11) is 0. The van der Waals surface area contributed by atoms with E-state index >= 15 is 0 Å². The molecule has 0 bridgehead atoms. The predicted molar refractivity (Wildman–Crippen MR) is 50.9 cm³/mol. The van der Waals surface area contributed by atoms with Crippen LogP contribution in [0.3, 0.4) is 0 Å². The largest absolute Gasteiger partial charge is 0.321 e. The molecule has 0 spiro atoms. The van der Waals surface area contributed by atoms with Crippen LogP contribution in [0, 0.1) is 0 Å². The molecule has 72 valence electrons. The van der Waals surface area contributed by atoms with Gasteiger partial charge in [-0.05, 0) is 12.1 Å². The summed E-state index contributed by atoms with van der Waals surface area (Å²) in [5, 5.41) is 2.65. The first-order valence-corrected chi connectivity index (χ1v) is 4.21. The number of anilines is 2. The molecule has 0 aromatic carbocycles. The zero-order valence-electron chi connectivity index (χ0n) is 7.65. The second-order valence-corrected chi connectivity index (χ2v) is 3.03. The number of fused-ring (bicyclic) bond motifs is 1. The Balaban J connectivity index is 2.48. The third-order valence-electron chi connectivity index (χ3n) is 2.00. The number of hydrogen-bond donors (Lipinski definition) is 1. The summed E-state index contributed by atoms with van der Waals surface area (Å²) in [6.45, 7) is 1.45. The summed E-state index contributed by atoms with van der Waals surface area (Å²) >= 11 is 0. The number of carbonyl (C=O) groups is 2. The molecule has 0 atom stereocenters. The molecule has 0 aliphatic carbocycles. The highest BCUT2D eigenvalue weighted by molar-refractivity contribution is 6.08. The molecule has 1 aliphatic heterocycles. The van der Waals surface area contributed by atoms with Crippen molar-refractivity contribution in [2.24, 2.45) is 0 Å². The van der Waals surface area contributed by atoms with Crippen LogP contribution in [0.1, 0.15) is 6.92 Å². The molecule has 0 saturated heterocycles.